The van der Waals surface area contributed by atoms with E-state index in [4.69, 9.17) is 23.2 Å². The monoisotopic (exact) mass is 292 g/mol. The summed E-state index contributed by atoms with van der Waals surface area (Å²) in [5.41, 5.74) is 0.922. The van der Waals surface area contributed by atoms with Crippen molar-refractivity contribution in [3.63, 3.8) is 0 Å². The van der Waals surface area contributed by atoms with Gasteiger partial charge in [0.2, 0.25) is 0 Å². The second-order valence-corrected chi connectivity index (χ2v) is 4.91. The summed E-state index contributed by atoms with van der Waals surface area (Å²) in [7, 11) is 0. The molecule has 0 atom stereocenters. The van der Waals surface area contributed by atoms with Gasteiger partial charge in [-0.2, -0.15) is 0 Å². The van der Waals surface area contributed by atoms with Gasteiger partial charge in [-0.15, -0.1) is 0 Å². The third kappa shape index (κ3) is 2.86. The quantitative estimate of drug-likeness (QED) is 0.785. The average Bonchev–Trinajstić information content (AvgIpc) is 2.38. The molecule has 0 aliphatic carbocycles. The first-order valence-corrected chi connectivity index (χ1v) is 6.36. The van der Waals surface area contributed by atoms with Gasteiger partial charge in [0.25, 0.3) is 0 Å². The van der Waals surface area contributed by atoms with Gasteiger partial charge >= 0.3 is 0 Å². The lowest BCUT2D eigenvalue weighted by atomic mass is 9.96. The summed E-state index contributed by atoms with van der Waals surface area (Å²) in [6.45, 7) is 1.38. The Morgan fingerprint density at radius 2 is 1.63 bits per heavy atom. The van der Waals surface area contributed by atoms with E-state index >= 15 is 0 Å². The van der Waals surface area contributed by atoms with Crippen LogP contribution in [0, 0.1) is 0 Å². The van der Waals surface area contributed by atoms with Crippen LogP contribution in [-0.2, 0) is 0 Å². The first-order chi connectivity index (χ1) is 9.00. The molecule has 2 aromatic carbocycles. The molecule has 19 heavy (non-hydrogen) atoms. The van der Waals surface area contributed by atoms with E-state index in [0.717, 1.165) is 0 Å². The zero-order valence-electron chi connectivity index (χ0n) is 10.1. The Kier molecular flexibility index (Phi) is 4.03. The van der Waals surface area contributed by atoms with Crippen molar-refractivity contribution in [3.05, 3.63) is 69.2 Å². The van der Waals surface area contributed by atoms with Crippen molar-refractivity contribution < 1.29 is 9.59 Å². The van der Waals surface area contributed by atoms with Crippen LogP contribution in [0.3, 0.4) is 0 Å². The molecular weight excluding hydrogens is 283 g/mol. The number of ketones is 2. The van der Waals surface area contributed by atoms with E-state index in [-0.39, 0.29) is 27.7 Å². The smallest absolute Gasteiger partial charge is 0.195 e. The van der Waals surface area contributed by atoms with E-state index in [1.807, 2.05) is 6.07 Å². The lowest BCUT2D eigenvalue weighted by molar-refractivity contribution is 0.0990. The summed E-state index contributed by atoms with van der Waals surface area (Å²) >= 11 is 11.9. The fourth-order valence-electron chi connectivity index (χ4n) is 1.82. The Morgan fingerprint density at radius 1 is 1.00 bits per heavy atom. The second-order valence-electron chi connectivity index (χ2n) is 4.06. The van der Waals surface area contributed by atoms with Gasteiger partial charge in [-0.3, -0.25) is 9.59 Å². The van der Waals surface area contributed by atoms with Crippen LogP contribution in [0.2, 0.25) is 10.0 Å². The average molecular weight is 293 g/mol. The fourth-order valence-corrected chi connectivity index (χ4v) is 2.40. The van der Waals surface area contributed by atoms with E-state index in [0.29, 0.717) is 10.6 Å². The zero-order chi connectivity index (χ0) is 14.0. The molecule has 96 valence electrons. The minimum atomic E-state index is -0.285. The van der Waals surface area contributed by atoms with E-state index < -0.39 is 0 Å². The summed E-state index contributed by atoms with van der Waals surface area (Å²) in [4.78, 5) is 24.1. The maximum absolute atomic E-state index is 12.4. The molecular formula is C15H10Cl2O2. The summed E-state index contributed by atoms with van der Waals surface area (Å²) in [6.07, 6.45) is 0. The van der Waals surface area contributed by atoms with Gasteiger partial charge in [0.1, 0.15) is 0 Å². The number of halogens is 2. The Bertz CT molecular complexity index is 649. The number of Topliss-reactive ketones (excluding diaryl/α,β-unsaturated/α-hetero) is 1. The zero-order valence-corrected chi connectivity index (χ0v) is 11.6. The van der Waals surface area contributed by atoms with Crippen molar-refractivity contribution in [3.8, 4) is 0 Å². The standard InChI is InChI=1S/C15H10Cl2O2/c1-9(18)12-7-11(16)8-13(17)14(12)15(19)10-5-3-2-4-6-10/h2-8H,1H3. The molecule has 0 spiro atoms. The normalized spacial score (nSPS) is 10.3. The van der Waals surface area contributed by atoms with Gasteiger partial charge in [-0.05, 0) is 19.1 Å². The fraction of sp³-hybridized carbons (Fsp3) is 0.0667. The first-order valence-electron chi connectivity index (χ1n) is 5.60. The van der Waals surface area contributed by atoms with Crippen molar-refractivity contribution in [2.75, 3.05) is 0 Å². The van der Waals surface area contributed by atoms with Crippen LogP contribution in [0.15, 0.2) is 42.5 Å². The van der Waals surface area contributed by atoms with Crippen LogP contribution >= 0.6 is 23.2 Å². The molecule has 0 radical (unpaired) electrons. The highest BCUT2D eigenvalue weighted by atomic mass is 35.5. The highest BCUT2D eigenvalue weighted by Gasteiger charge is 2.20. The predicted molar refractivity (Wildman–Crippen MR) is 76.3 cm³/mol. The number of rotatable bonds is 3. The Labute approximate surface area is 121 Å². The van der Waals surface area contributed by atoms with Crippen LogP contribution in [-0.4, -0.2) is 11.6 Å². The van der Waals surface area contributed by atoms with Gasteiger partial charge in [-0.25, -0.2) is 0 Å². The molecule has 0 fully saturated rings. The van der Waals surface area contributed by atoms with Crippen molar-refractivity contribution in [2.45, 2.75) is 6.92 Å². The minimum absolute atomic E-state index is 0.187. The molecule has 0 aromatic heterocycles. The predicted octanol–water partition coefficient (Wildman–Crippen LogP) is 4.43. The van der Waals surface area contributed by atoms with Crippen LogP contribution in [0.5, 0.6) is 0 Å². The van der Waals surface area contributed by atoms with Gasteiger partial charge in [-0.1, -0.05) is 53.5 Å². The lowest BCUT2D eigenvalue weighted by Gasteiger charge is -2.09. The Morgan fingerprint density at radius 3 is 2.21 bits per heavy atom. The van der Waals surface area contributed by atoms with E-state index in [1.54, 1.807) is 24.3 Å². The minimum Gasteiger partial charge on any atom is -0.294 e. The van der Waals surface area contributed by atoms with E-state index in [9.17, 15) is 9.59 Å². The molecule has 2 aromatic rings. The topological polar surface area (TPSA) is 34.1 Å². The maximum Gasteiger partial charge on any atom is 0.195 e. The van der Waals surface area contributed by atoms with Crippen LogP contribution in [0.25, 0.3) is 0 Å². The molecule has 0 unspecified atom stereocenters. The summed E-state index contributed by atoms with van der Waals surface area (Å²) in [5, 5.41) is 0.520. The van der Waals surface area contributed by atoms with Crippen LogP contribution < -0.4 is 0 Å². The van der Waals surface area contributed by atoms with Crippen molar-refractivity contribution in [1.82, 2.24) is 0 Å². The third-order valence-electron chi connectivity index (χ3n) is 2.70. The Balaban J connectivity index is 2.62. The molecule has 0 aliphatic heterocycles. The molecule has 4 heteroatoms. The van der Waals surface area contributed by atoms with Crippen molar-refractivity contribution >= 4 is 34.8 Å². The van der Waals surface area contributed by atoms with Gasteiger partial charge in [0, 0.05) is 16.1 Å². The number of hydrogen-bond donors (Lipinski definition) is 0. The molecule has 0 N–H and O–H groups in total. The highest BCUT2D eigenvalue weighted by molar-refractivity contribution is 6.39. The SMILES string of the molecule is CC(=O)c1cc(Cl)cc(Cl)c1C(=O)c1ccccc1. The molecule has 2 nitrogen and oxygen atoms in total. The number of carbonyl (C=O) groups is 2. The summed E-state index contributed by atoms with van der Waals surface area (Å²) in [5.74, 6) is -0.531. The van der Waals surface area contributed by atoms with Gasteiger partial charge in [0.15, 0.2) is 11.6 Å². The van der Waals surface area contributed by atoms with Gasteiger partial charge in [0.05, 0.1) is 10.6 Å². The first kappa shape index (κ1) is 13.8. The molecule has 0 bridgehead atoms. The third-order valence-corrected chi connectivity index (χ3v) is 3.21. The van der Waals surface area contributed by atoms with Crippen LogP contribution in [0.1, 0.15) is 33.2 Å². The lowest BCUT2D eigenvalue weighted by Crippen LogP contribution is -2.09. The highest BCUT2D eigenvalue weighted by Crippen LogP contribution is 2.28. The molecule has 0 saturated carbocycles. The molecule has 0 aliphatic rings. The van der Waals surface area contributed by atoms with Crippen LogP contribution in [0.4, 0.5) is 0 Å². The number of benzene rings is 2. The summed E-state index contributed by atoms with van der Waals surface area (Å²) in [6, 6.07) is 11.6. The largest absolute Gasteiger partial charge is 0.294 e. The maximum atomic E-state index is 12.4. The van der Waals surface area contributed by atoms with Crippen molar-refractivity contribution in [2.24, 2.45) is 0 Å². The van der Waals surface area contributed by atoms with Gasteiger partial charge < -0.3 is 0 Å². The van der Waals surface area contributed by atoms with Crippen molar-refractivity contribution in [1.29, 1.82) is 0 Å². The molecule has 2 rings (SSSR count). The summed E-state index contributed by atoms with van der Waals surface area (Å²) < 4.78 is 0. The second kappa shape index (κ2) is 5.55. The Hall–Kier alpha value is -1.64. The molecule has 0 amide bonds. The number of hydrogen-bond acceptors (Lipinski definition) is 2. The molecule has 0 saturated heterocycles. The number of carbonyl (C=O) groups excluding carboxylic acids is 2. The van der Waals surface area contributed by atoms with E-state index in [2.05, 4.69) is 0 Å². The molecule has 0 heterocycles. The van der Waals surface area contributed by atoms with E-state index in [1.165, 1.54) is 19.1 Å².